The summed E-state index contributed by atoms with van der Waals surface area (Å²) < 4.78 is 10.3. The van der Waals surface area contributed by atoms with Crippen molar-refractivity contribution in [2.24, 2.45) is 11.8 Å². The lowest BCUT2D eigenvalue weighted by atomic mass is 9.91. The maximum atomic E-state index is 12.0. The molecule has 18 heavy (non-hydrogen) atoms. The average Bonchev–Trinajstić information content (AvgIpc) is 2.87. The molecule has 6 heteroatoms. The van der Waals surface area contributed by atoms with Crippen LogP contribution in [0, 0.1) is 11.8 Å². The lowest BCUT2D eigenvalue weighted by Crippen LogP contribution is -2.31. The first kappa shape index (κ1) is 15.9. The smallest absolute Gasteiger partial charge is 0.323 e. The van der Waals surface area contributed by atoms with E-state index in [-0.39, 0.29) is 35.5 Å². The standard InChI is InChI=1S/C12H22O4P2/c1-3-17-15-11(13)10(9-7-5-6-8-9)12(14)16-18-4-2/h9-10,17-18H,3-8H2,1-2H3. The lowest BCUT2D eigenvalue weighted by molar-refractivity contribution is -0.152. The SMILES string of the molecule is CCPOC(=O)C(C(=O)OPCC)C1CCCC1. The number of rotatable bonds is 7. The molecule has 0 saturated heterocycles. The average molecular weight is 292 g/mol. The zero-order valence-electron chi connectivity index (χ0n) is 11.0. The molecule has 1 rings (SSSR count). The van der Waals surface area contributed by atoms with Crippen LogP contribution in [0.25, 0.3) is 0 Å². The van der Waals surface area contributed by atoms with Gasteiger partial charge in [-0.25, -0.2) is 0 Å². The van der Waals surface area contributed by atoms with E-state index in [0.717, 1.165) is 38.0 Å². The summed E-state index contributed by atoms with van der Waals surface area (Å²) in [4.78, 5) is 24.0. The zero-order valence-corrected chi connectivity index (χ0v) is 13.0. The molecule has 1 aliphatic rings. The number of carbonyl (C=O) groups is 2. The predicted molar refractivity (Wildman–Crippen MR) is 75.3 cm³/mol. The van der Waals surface area contributed by atoms with E-state index in [2.05, 4.69) is 0 Å². The van der Waals surface area contributed by atoms with Crippen molar-refractivity contribution in [2.75, 3.05) is 12.3 Å². The lowest BCUT2D eigenvalue weighted by Gasteiger charge is -2.19. The molecule has 2 atom stereocenters. The quantitative estimate of drug-likeness (QED) is 0.534. The Labute approximate surface area is 112 Å². The third kappa shape index (κ3) is 4.82. The van der Waals surface area contributed by atoms with Gasteiger partial charge in [0.05, 0.1) is 17.6 Å². The van der Waals surface area contributed by atoms with Crippen LogP contribution in [0.4, 0.5) is 0 Å². The minimum absolute atomic E-state index is 0.119. The van der Waals surface area contributed by atoms with Crippen molar-refractivity contribution in [3.05, 3.63) is 0 Å². The highest BCUT2D eigenvalue weighted by Crippen LogP contribution is 2.35. The number of hydrogen-bond donors (Lipinski definition) is 0. The molecule has 0 aromatic rings. The molecule has 0 heterocycles. The van der Waals surface area contributed by atoms with Crippen LogP contribution in [-0.2, 0) is 18.6 Å². The second-order valence-corrected chi connectivity index (χ2v) is 6.76. The minimum atomic E-state index is -0.689. The van der Waals surface area contributed by atoms with Crippen LogP contribution in [0.1, 0.15) is 39.5 Å². The molecular weight excluding hydrogens is 270 g/mol. The molecule has 4 nitrogen and oxygen atoms in total. The van der Waals surface area contributed by atoms with Gasteiger partial charge < -0.3 is 9.05 Å². The number of hydrogen-bond acceptors (Lipinski definition) is 4. The van der Waals surface area contributed by atoms with Crippen LogP contribution >= 0.6 is 17.6 Å². The Morgan fingerprint density at radius 2 is 1.50 bits per heavy atom. The van der Waals surface area contributed by atoms with E-state index in [9.17, 15) is 9.59 Å². The van der Waals surface area contributed by atoms with E-state index in [0.29, 0.717) is 0 Å². The fourth-order valence-electron chi connectivity index (χ4n) is 2.19. The van der Waals surface area contributed by atoms with Crippen molar-refractivity contribution in [1.29, 1.82) is 0 Å². The van der Waals surface area contributed by atoms with Crippen LogP contribution in [0.2, 0.25) is 0 Å². The van der Waals surface area contributed by atoms with Gasteiger partial charge in [-0.15, -0.1) is 0 Å². The van der Waals surface area contributed by atoms with Gasteiger partial charge in [-0.05, 0) is 31.1 Å². The van der Waals surface area contributed by atoms with Crippen LogP contribution < -0.4 is 0 Å². The van der Waals surface area contributed by atoms with Gasteiger partial charge in [0.15, 0.2) is 5.92 Å². The Bertz CT molecular complexity index is 257. The maximum absolute atomic E-state index is 12.0. The maximum Gasteiger partial charge on any atom is 0.323 e. The summed E-state index contributed by atoms with van der Waals surface area (Å²) in [5.41, 5.74) is 0. The molecule has 0 radical (unpaired) electrons. The minimum Gasteiger partial charge on any atom is -0.448 e. The molecule has 0 bridgehead atoms. The molecular formula is C12H22O4P2. The molecule has 0 amide bonds. The predicted octanol–water partition coefficient (Wildman–Crippen LogP) is 3.11. The Balaban J connectivity index is 2.61. The van der Waals surface area contributed by atoms with Crippen LogP contribution in [0.15, 0.2) is 0 Å². The highest BCUT2D eigenvalue weighted by Gasteiger charge is 2.38. The Morgan fingerprint density at radius 1 is 1.06 bits per heavy atom. The van der Waals surface area contributed by atoms with Gasteiger partial charge in [0.25, 0.3) is 0 Å². The molecule has 1 aliphatic carbocycles. The monoisotopic (exact) mass is 292 g/mol. The second kappa shape index (κ2) is 8.82. The van der Waals surface area contributed by atoms with E-state index in [4.69, 9.17) is 9.05 Å². The molecule has 2 unspecified atom stereocenters. The first-order valence-electron chi connectivity index (χ1n) is 6.57. The topological polar surface area (TPSA) is 52.6 Å². The Hall–Kier alpha value is -0.200. The highest BCUT2D eigenvalue weighted by molar-refractivity contribution is 7.33. The van der Waals surface area contributed by atoms with Crippen molar-refractivity contribution in [2.45, 2.75) is 39.5 Å². The molecule has 1 fully saturated rings. The summed E-state index contributed by atoms with van der Waals surface area (Å²) in [6, 6.07) is 0. The first-order chi connectivity index (χ1) is 8.70. The fraction of sp³-hybridized carbons (Fsp3) is 0.833. The molecule has 0 aliphatic heterocycles. The summed E-state index contributed by atoms with van der Waals surface area (Å²) in [7, 11) is 0.288. The molecule has 0 aromatic heterocycles. The van der Waals surface area contributed by atoms with E-state index in [1.807, 2.05) is 13.8 Å². The van der Waals surface area contributed by atoms with Gasteiger partial charge in [-0.1, -0.05) is 26.7 Å². The van der Waals surface area contributed by atoms with Gasteiger partial charge in [0, 0.05) is 0 Å². The van der Waals surface area contributed by atoms with Gasteiger partial charge in [0.2, 0.25) is 0 Å². The fourth-order valence-corrected chi connectivity index (χ4v) is 3.01. The van der Waals surface area contributed by atoms with Crippen LogP contribution in [0.5, 0.6) is 0 Å². The van der Waals surface area contributed by atoms with Crippen molar-refractivity contribution >= 4 is 29.6 Å². The Morgan fingerprint density at radius 3 is 1.89 bits per heavy atom. The molecule has 104 valence electrons. The van der Waals surface area contributed by atoms with Gasteiger partial charge >= 0.3 is 11.9 Å². The third-order valence-corrected chi connectivity index (χ3v) is 4.28. The summed E-state index contributed by atoms with van der Waals surface area (Å²) >= 11 is 0. The Kier molecular flexibility index (Phi) is 7.77. The van der Waals surface area contributed by atoms with Crippen molar-refractivity contribution in [3.63, 3.8) is 0 Å². The molecule has 0 N–H and O–H groups in total. The zero-order chi connectivity index (χ0) is 13.4. The van der Waals surface area contributed by atoms with Gasteiger partial charge in [0.1, 0.15) is 0 Å². The van der Waals surface area contributed by atoms with Crippen LogP contribution in [-0.4, -0.2) is 24.3 Å². The van der Waals surface area contributed by atoms with Crippen LogP contribution in [0.3, 0.4) is 0 Å². The van der Waals surface area contributed by atoms with E-state index < -0.39 is 5.92 Å². The van der Waals surface area contributed by atoms with E-state index >= 15 is 0 Å². The van der Waals surface area contributed by atoms with Crippen molar-refractivity contribution < 1.29 is 18.6 Å². The summed E-state index contributed by atoms with van der Waals surface area (Å²) in [5, 5.41) is 0. The highest BCUT2D eigenvalue weighted by atomic mass is 31.1. The van der Waals surface area contributed by atoms with Gasteiger partial charge in [-0.2, -0.15) is 0 Å². The molecule has 1 saturated carbocycles. The largest absolute Gasteiger partial charge is 0.448 e. The third-order valence-electron chi connectivity index (χ3n) is 3.01. The second-order valence-electron chi connectivity index (χ2n) is 4.36. The summed E-state index contributed by atoms with van der Waals surface area (Å²) in [5.74, 6) is -1.33. The molecule has 0 aromatic carbocycles. The van der Waals surface area contributed by atoms with Crippen molar-refractivity contribution in [1.82, 2.24) is 0 Å². The van der Waals surface area contributed by atoms with E-state index in [1.54, 1.807) is 0 Å². The molecule has 0 spiro atoms. The number of carbonyl (C=O) groups excluding carboxylic acids is 2. The van der Waals surface area contributed by atoms with E-state index in [1.165, 1.54) is 0 Å². The van der Waals surface area contributed by atoms with Crippen molar-refractivity contribution in [3.8, 4) is 0 Å². The first-order valence-corrected chi connectivity index (χ1v) is 8.80. The normalized spacial score (nSPS) is 18.8. The summed E-state index contributed by atoms with van der Waals surface area (Å²) in [6.07, 6.45) is 5.64. The van der Waals surface area contributed by atoms with Gasteiger partial charge in [-0.3, -0.25) is 9.59 Å². The summed E-state index contributed by atoms with van der Waals surface area (Å²) in [6.45, 7) is 3.90.